The first-order valence-electron chi connectivity index (χ1n) is 7.74. The van der Waals surface area contributed by atoms with Crippen molar-refractivity contribution in [3.05, 3.63) is 65.5 Å². The van der Waals surface area contributed by atoms with Gasteiger partial charge in [0.05, 0.1) is 0 Å². The van der Waals surface area contributed by atoms with Gasteiger partial charge in [-0.2, -0.15) is 0 Å². The third-order valence-corrected chi connectivity index (χ3v) is 4.28. The topological polar surface area (TPSA) is 68.9 Å². The largest absolute Gasteiger partial charge is 0.489 e. The number of ether oxygens (including phenoxy) is 1. The number of rotatable bonds is 5. The highest BCUT2D eigenvalue weighted by Crippen LogP contribution is 2.23. The molecular weight excluding hydrogens is 295 g/mol. The van der Waals surface area contributed by atoms with E-state index in [1.54, 1.807) is 18.2 Å². The minimum Gasteiger partial charge on any atom is -0.489 e. The highest BCUT2D eigenvalue weighted by atomic mass is 19.1. The van der Waals surface area contributed by atoms with Crippen LogP contribution < -0.4 is 15.8 Å². The van der Waals surface area contributed by atoms with Crippen LogP contribution in [0.15, 0.2) is 48.5 Å². The maximum Gasteiger partial charge on any atom is 0.275 e. The van der Waals surface area contributed by atoms with E-state index in [4.69, 9.17) is 10.5 Å². The van der Waals surface area contributed by atoms with Crippen molar-refractivity contribution in [2.45, 2.75) is 31.5 Å². The molecule has 2 aromatic rings. The Morgan fingerprint density at radius 3 is 2.57 bits per heavy atom. The van der Waals surface area contributed by atoms with Gasteiger partial charge in [-0.15, -0.1) is 0 Å². The van der Waals surface area contributed by atoms with E-state index in [9.17, 15) is 9.18 Å². The first-order valence-corrected chi connectivity index (χ1v) is 7.74. The number of amides is 1. The van der Waals surface area contributed by atoms with E-state index in [1.807, 2.05) is 29.6 Å². The summed E-state index contributed by atoms with van der Waals surface area (Å²) >= 11 is 0. The van der Waals surface area contributed by atoms with Crippen LogP contribution in [0.5, 0.6) is 5.75 Å². The fourth-order valence-electron chi connectivity index (χ4n) is 2.93. The predicted molar refractivity (Wildman–Crippen MR) is 84.1 cm³/mol. The monoisotopic (exact) mass is 315 g/mol. The molecular formula is C18H20FN2O2+. The van der Waals surface area contributed by atoms with Gasteiger partial charge in [-0.1, -0.05) is 18.2 Å². The molecule has 1 heterocycles. The molecule has 120 valence electrons. The van der Waals surface area contributed by atoms with Crippen LogP contribution in [0, 0.1) is 5.82 Å². The zero-order chi connectivity index (χ0) is 16.2. The molecule has 0 radical (unpaired) electrons. The molecule has 1 aliphatic rings. The predicted octanol–water partition coefficient (Wildman–Crippen LogP) is 1.66. The quantitative estimate of drug-likeness (QED) is 0.881. The van der Waals surface area contributed by atoms with Gasteiger partial charge in [0.25, 0.3) is 5.91 Å². The number of primary amides is 1. The smallest absolute Gasteiger partial charge is 0.275 e. The number of hydrogen-bond donors (Lipinski definition) is 2. The van der Waals surface area contributed by atoms with E-state index >= 15 is 0 Å². The average Bonchev–Trinajstić information content (AvgIpc) is 3.05. The molecule has 5 heteroatoms. The number of nitrogens with two attached hydrogens (primary N) is 2. The third kappa shape index (κ3) is 3.68. The maximum absolute atomic E-state index is 13.5. The number of halogens is 1. The lowest BCUT2D eigenvalue weighted by Gasteiger charge is -2.11. The van der Waals surface area contributed by atoms with Crippen molar-refractivity contribution in [3.8, 4) is 5.75 Å². The van der Waals surface area contributed by atoms with Crippen molar-refractivity contribution in [2.24, 2.45) is 5.73 Å². The van der Waals surface area contributed by atoms with E-state index in [0.29, 0.717) is 11.3 Å². The van der Waals surface area contributed by atoms with E-state index in [-0.39, 0.29) is 30.4 Å². The molecule has 0 aliphatic carbocycles. The normalized spacial score (nSPS) is 20.4. The van der Waals surface area contributed by atoms with Gasteiger partial charge < -0.3 is 15.8 Å². The molecule has 0 spiro atoms. The van der Waals surface area contributed by atoms with Gasteiger partial charge in [-0.05, 0) is 30.3 Å². The molecule has 2 atom stereocenters. The Bertz CT molecular complexity index is 688. The summed E-state index contributed by atoms with van der Waals surface area (Å²) in [5, 5.41) is 2.03. The number of quaternary nitrogens is 1. The van der Waals surface area contributed by atoms with Crippen LogP contribution in [-0.2, 0) is 11.4 Å². The summed E-state index contributed by atoms with van der Waals surface area (Å²) in [5.74, 6) is 0.181. The van der Waals surface area contributed by atoms with Crippen molar-refractivity contribution in [3.63, 3.8) is 0 Å². The lowest BCUT2D eigenvalue weighted by Crippen LogP contribution is -2.89. The Morgan fingerprint density at radius 1 is 1.17 bits per heavy atom. The molecule has 4 N–H and O–H groups in total. The van der Waals surface area contributed by atoms with Gasteiger partial charge >= 0.3 is 0 Å². The van der Waals surface area contributed by atoms with Crippen LogP contribution >= 0.6 is 0 Å². The lowest BCUT2D eigenvalue weighted by atomic mass is 10.1. The van der Waals surface area contributed by atoms with Crippen LogP contribution in [0.3, 0.4) is 0 Å². The molecule has 0 aromatic heterocycles. The Kier molecular flexibility index (Phi) is 4.57. The second-order valence-electron chi connectivity index (χ2n) is 5.83. The van der Waals surface area contributed by atoms with Gasteiger partial charge in [-0.25, -0.2) is 4.39 Å². The average molecular weight is 315 g/mol. The number of benzene rings is 2. The minimum atomic E-state index is -0.262. The molecule has 1 saturated heterocycles. The summed E-state index contributed by atoms with van der Waals surface area (Å²) in [5.41, 5.74) is 7.03. The first-order chi connectivity index (χ1) is 11.1. The Morgan fingerprint density at radius 2 is 1.91 bits per heavy atom. The van der Waals surface area contributed by atoms with Gasteiger partial charge in [0.1, 0.15) is 24.2 Å². The van der Waals surface area contributed by atoms with Gasteiger partial charge in [-0.3, -0.25) is 4.79 Å². The Balaban J connectivity index is 1.59. The van der Waals surface area contributed by atoms with Crippen molar-refractivity contribution < 1.29 is 19.2 Å². The van der Waals surface area contributed by atoms with Crippen LogP contribution in [0.1, 0.15) is 30.0 Å². The van der Waals surface area contributed by atoms with E-state index < -0.39 is 0 Å². The van der Waals surface area contributed by atoms with Gasteiger partial charge in [0, 0.05) is 24.0 Å². The molecule has 2 aromatic carbocycles. The maximum atomic E-state index is 13.5. The molecule has 4 nitrogen and oxygen atoms in total. The molecule has 1 aliphatic heterocycles. The van der Waals surface area contributed by atoms with E-state index in [1.165, 1.54) is 6.07 Å². The highest BCUT2D eigenvalue weighted by Gasteiger charge is 2.32. The van der Waals surface area contributed by atoms with E-state index in [2.05, 4.69) is 0 Å². The third-order valence-electron chi connectivity index (χ3n) is 4.28. The molecule has 23 heavy (non-hydrogen) atoms. The van der Waals surface area contributed by atoms with Crippen molar-refractivity contribution in [1.82, 2.24) is 0 Å². The van der Waals surface area contributed by atoms with Crippen molar-refractivity contribution in [2.75, 3.05) is 0 Å². The van der Waals surface area contributed by atoms with Crippen LogP contribution in [-0.4, -0.2) is 11.9 Å². The minimum absolute atomic E-state index is 0.128. The second-order valence-corrected chi connectivity index (χ2v) is 5.83. The Hall–Kier alpha value is -2.40. The fraction of sp³-hybridized carbons (Fsp3) is 0.278. The summed E-state index contributed by atoms with van der Waals surface area (Å²) in [7, 11) is 0. The number of carbonyl (C=O) groups excluding carboxylic acids is 1. The summed E-state index contributed by atoms with van der Waals surface area (Å²) in [4.78, 5) is 11.2. The lowest BCUT2D eigenvalue weighted by molar-refractivity contribution is -0.695. The van der Waals surface area contributed by atoms with Gasteiger partial charge in [0.2, 0.25) is 0 Å². The number of hydrogen-bond acceptors (Lipinski definition) is 2. The second kappa shape index (κ2) is 6.79. The number of carbonyl (C=O) groups is 1. The summed E-state index contributed by atoms with van der Waals surface area (Å²) < 4.78 is 19.2. The molecule has 1 unspecified atom stereocenters. The fourth-order valence-corrected chi connectivity index (χ4v) is 2.93. The zero-order valence-corrected chi connectivity index (χ0v) is 12.7. The van der Waals surface area contributed by atoms with Crippen LogP contribution in [0.4, 0.5) is 4.39 Å². The molecule has 0 bridgehead atoms. The molecule has 3 rings (SSSR count). The zero-order valence-electron chi connectivity index (χ0n) is 12.7. The summed E-state index contributed by atoms with van der Waals surface area (Å²) in [6.07, 6.45) is 1.74. The Labute approximate surface area is 134 Å². The SMILES string of the molecule is NC(=O)[C@@H]1CCC(c2ccc(OCc3ccccc3F)cc2)[NH2+]1. The van der Waals surface area contributed by atoms with Gasteiger partial charge in [0.15, 0.2) is 6.04 Å². The van der Waals surface area contributed by atoms with E-state index in [0.717, 1.165) is 18.4 Å². The standard InChI is InChI=1S/C18H19FN2O2/c19-15-4-2-1-3-13(15)11-23-14-7-5-12(6-8-14)16-9-10-17(21-16)18(20)22/h1-8,16-17,21H,9-11H2,(H2,20,22)/p+1/t16?,17-/m0/s1. The summed E-state index contributed by atoms with van der Waals surface area (Å²) in [6, 6.07) is 14.4. The van der Waals surface area contributed by atoms with Crippen molar-refractivity contribution >= 4 is 5.91 Å². The van der Waals surface area contributed by atoms with Crippen LogP contribution in [0.25, 0.3) is 0 Å². The van der Waals surface area contributed by atoms with Crippen molar-refractivity contribution in [1.29, 1.82) is 0 Å². The molecule has 1 fully saturated rings. The molecule has 1 amide bonds. The highest BCUT2D eigenvalue weighted by molar-refractivity contribution is 5.78. The molecule has 0 saturated carbocycles. The summed E-state index contributed by atoms with van der Waals surface area (Å²) in [6.45, 7) is 0.200. The van der Waals surface area contributed by atoms with Crippen LogP contribution in [0.2, 0.25) is 0 Å². The first kappa shape index (κ1) is 15.5.